The van der Waals surface area contributed by atoms with E-state index in [-0.39, 0.29) is 26.7 Å². The van der Waals surface area contributed by atoms with Crippen molar-refractivity contribution in [2.24, 2.45) is 0 Å². The van der Waals surface area contributed by atoms with Gasteiger partial charge < -0.3 is 19.7 Å². The predicted molar refractivity (Wildman–Crippen MR) is 137 cm³/mol. The largest absolute Gasteiger partial charge is 0.503 e. The second-order valence-electron chi connectivity index (χ2n) is 8.47. The first-order valence-corrected chi connectivity index (χ1v) is 12.9. The third-order valence-electron chi connectivity index (χ3n) is 5.51. The highest BCUT2D eigenvalue weighted by molar-refractivity contribution is 7.89. The number of aromatic hydroxyl groups is 2. The van der Waals surface area contributed by atoms with Crippen molar-refractivity contribution in [3.8, 4) is 22.9 Å². The number of aromatic nitrogens is 1. The van der Waals surface area contributed by atoms with E-state index in [0.717, 1.165) is 4.31 Å². The number of nitrogens with zero attached hydrogens (tertiary/aromatic N) is 3. The molecule has 35 heavy (non-hydrogen) atoms. The first-order valence-electron chi connectivity index (χ1n) is 10.7. The first kappa shape index (κ1) is 27.0. The van der Waals surface area contributed by atoms with Crippen LogP contribution in [0, 0.1) is 0 Å². The second kappa shape index (κ2) is 10.6. The van der Waals surface area contributed by atoms with Gasteiger partial charge in [-0.05, 0) is 63.5 Å². The maximum Gasteiger partial charge on any atom is 0.242 e. The van der Waals surface area contributed by atoms with Crippen LogP contribution in [0.4, 0.5) is 0 Å². The normalized spacial score (nSPS) is 12.0. The summed E-state index contributed by atoms with van der Waals surface area (Å²) in [6, 6.07) is 10.2. The molecule has 3 rings (SSSR count). The van der Waals surface area contributed by atoms with Crippen molar-refractivity contribution in [2.75, 3.05) is 34.7 Å². The number of carbonyl (C=O) groups is 1. The average molecular weight is 540 g/mol. The van der Waals surface area contributed by atoms with Crippen LogP contribution in [0.25, 0.3) is 11.3 Å². The molecule has 2 aromatic carbocycles. The molecule has 0 saturated carbocycles. The lowest BCUT2D eigenvalue weighted by molar-refractivity contribution is 0.103. The van der Waals surface area contributed by atoms with Crippen LogP contribution in [-0.2, 0) is 16.6 Å². The quantitative estimate of drug-likeness (QED) is 0.393. The second-order valence-corrected chi connectivity index (χ2v) is 11.4. The minimum Gasteiger partial charge on any atom is -0.503 e. The molecule has 11 heteroatoms. The predicted octanol–water partition coefficient (Wildman–Crippen LogP) is 4.31. The lowest BCUT2D eigenvalue weighted by Crippen LogP contribution is -2.22. The molecular formula is C24H27Cl2N3O5S. The highest BCUT2D eigenvalue weighted by Gasteiger charge is 2.29. The van der Waals surface area contributed by atoms with Crippen molar-refractivity contribution in [2.45, 2.75) is 17.9 Å². The van der Waals surface area contributed by atoms with Crippen LogP contribution in [-0.4, -0.2) is 72.9 Å². The molecule has 0 bridgehead atoms. The molecule has 0 fully saturated rings. The van der Waals surface area contributed by atoms with Gasteiger partial charge in [-0.2, -0.15) is 0 Å². The Balaban J connectivity index is 2.15. The van der Waals surface area contributed by atoms with Crippen molar-refractivity contribution in [3.63, 3.8) is 0 Å². The summed E-state index contributed by atoms with van der Waals surface area (Å²) in [5, 5.41) is 22.1. The third-order valence-corrected chi connectivity index (χ3v) is 8.08. The van der Waals surface area contributed by atoms with Gasteiger partial charge in [-0.25, -0.2) is 12.7 Å². The number of carbonyl (C=O) groups excluding carboxylic acids is 1. The minimum absolute atomic E-state index is 0.0251. The highest BCUT2D eigenvalue weighted by Crippen LogP contribution is 2.43. The summed E-state index contributed by atoms with van der Waals surface area (Å²) in [6.45, 7) is 1.03. The van der Waals surface area contributed by atoms with Gasteiger partial charge in [-0.3, -0.25) is 4.79 Å². The van der Waals surface area contributed by atoms with Crippen molar-refractivity contribution >= 4 is 39.0 Å². The average Bonchev–Trinajstić information content (AvgIpc) is 3.05. The molecule has 0 atom stereocenters. The summed E-state index contributed by atoms with van der Waals surface area (Å²) in [7, 11) is 2.99. The Morgan fingerprint density at radius 3 is 2.14 bits per heavy atom. The van der Waals surface area contributed by atoms with E-state index < -0.39 is 27.4 Å². The van der Waals surface area contributed by atoms with Crippen LogP contribution in [0.1, 0.15) is 22.3 Å². The smallest absolute Gasteiger partial charge is 0.242 e. The van der Waals surface area contributed by atoms with Crippen LogP contribution >= 0.6 is 23.2 Å². The van der Waals surface area contributed by atoms with Gasteiger partial charge in [-0.15, -0.1) is 0 Å². The van der Waals surface area contributed by atoms with E-state index in [1.165, 1.54) is 42.9 Å². The van der Waals surface area contributed by atoms with Crippen LogP contribution in [0.2, 0.25) is 10.0 Å². The zero-order chi connectivity index (χ0) is 26.1. The Kier molecular flexibility index (Phi) is 8.18. The summed E-state index contributed by atoms with van der Waals surface area (Å²) in [5.41, 5.74) is 0.793. The Labute approximate surface area is 215 Å². The topological polar surface area (TPSA) is 103 Å². The molecule has 0 saturated heterocycles. The number of hydrogen-bond donors (Lipinski definition) is 2. The summed E-state index contributed by atoms with van der Waals surface area (Å²) >= 11 is 12.3. The van der Waals surface area contributed by atoms with Crippen LogP contribution in [0.5, 0.6) is 11.6 Å². The molecule has 0 aliphatic rings. The van der Waals surface area contributed by atoms with Gasteiger partial charge in [0.15, 0.2) is 11.5 Å². The standard InChI is InChI=1S/C24H27Cl2N3O5S/c1-27(2)12-5-13-29-21(16-8-11-18(25)19(26)14-16)20(23(31)24(29)32)22(30)15-6-9-17(10-7-15)35(33,34)28(3)4/h6-11,14,31-32H,5,12-13H2,1-4H3. The van der Waals surface area contributed by atoms with Gasteiger partial charge in [0.05, 0.1) is 26.2 Å². The molecule has 3 aromatic rings. The summed E-state index contributed by atoms with van der Waals surface area (Å²) < 4.78 is 27.3. The molecule has 0 amide bonds. The summed E-state index contributed by atoms with van der Waals surface area (Å²) in [4.78, 5) is 15.5. The molecular weight excluding hydrogens is 513 g/mol. The van der Waals surface area contributed by atoms with Gasteiger partial charge in [0.2, 0.25) is 15.9 Å². The first-order chi connectivity index (χ1) is 16.4. The molecule has 0 unspecified atom stereocenters. The number of sulfonamides is 1. The van der Waals surface area contributed by atoms with Crippen molar-refractivity contribution in [3.05, 3.63) is 63.6 Å². The fourth-order valence-electron chi connectivity index (χ4n) is 3.65. The number of benzene rings is 2. The van der Waals surface area contributed by atoms with E-state index >= 15 is 0 Å². The van der Waals surface area contributed by atoms with Gasteiger partial charge in [0, 0.05) is 31.8 Å². The van der Waals surface area contributed by atoms with E-state index in [9.17, 15) is 23.4 Å². The molecule has 8 nitrogen and oxygen atoms in total. The fraction of sp³-hybridized carbons (Fsp3) is 0.292. The highest BCUT2D eigenvalue weighted by atomic mass is 35.5. The molecule has 0 aliphatic carbocycles. The van der Waals surface area contributed by atoms with E-state index in [0.29, 0.717) is 30.1 Å². The molecule has 0 aliphatic heterocycles. The Bertz CT molecular complexity index is 1350. The van der Waals surface area contributed by atoms with Gasteiger partial charge in [0.25, 0.3) is 0 Å². The Morgan fingerprint density at radius 2 is 1.60 bits per heavy atom. The fourth-order valence-corrected chi connectivity index (χ4v) is 4.85. The maximum absolute atomic E-state index is 13.5. The SMILES string of the molecule is CN(C)CCCn1c(O)c(O)c(C(=O)c2ccc(S(=O)(=O)N(C)C)cc2)c1-c1ccc(Cl)c(Cl)c1. The zero-order valence-corrected chi connectivity index (χ0v) is 22.1. The van der Waals surface area contributed by atoms with Gasteiger partial charge in [-0.1, -0.05) is 29.3 Å². The molecule has 1 aromatic heterocycles. The summed E-state index contributed by atoms with van der Waals surface area (Å²) in [6.07, 6.45) is 0.633. The molecule has 2 N–H and O–H groups in total. The zero-order valence-electron chi connectivity index (χ0n) is 19.8. The molecule has 0 spiro atoms. The number of rotatable bonds is 9. The minimum atomic E-state index is -3.67. The third kappa shape index (κ3) is 5.49. The lowest BCUT2D eigenvalue weighted by atomic mass is 9.99. The van der Waals surface area contributed by atoms with Gasteiger partial charge >= 0.3 is 0 Å². The Morgan fingerprint density at radius 1 is 0.971 bits per heavy atom. The van der Waals surface area contributed by atoms with Crippen molar-refractivity contribution < 1.29 is 23.4 Å². The van der Waals surface area contributed by atoms with Crippen molar-refractivity contribution in [1.29, 1.82) is 0 Å². The number of halogens is 2. The molecule has 0 radical (unpaired) electrons. The molecule has 188 valence electrons. The van der Waals surface area contributed by atoms with Gasteiger partial charge in [0.1, 0.15) is 0 Å². The Hall–Kier alpha value is -2.56. The summed E-state index contributed by atoms with van der Waals surface area (Å²) in [5.74, 6) is -1.59. The maximum atomic E-state index is 13.5. The van der Waals surface area contributed by atoms with E-state index in [1.54, 1.807) is 18.2 Å². The lowest BCUT2D eigenvalue weighted by Gasteiger charge is -2.15. The van der Waals surface area contributed by atoms with Crippen LogP contribution in [0.15, 0.2) is 47.4 Å². The van der Waals surface area contributed by atoms with E-state index in [2.05, 4.69) is 0 Å². The van der Waals surface area contributed by atoms with Crippen LogP contribution in [0.3, 0.4) is 0 Å². The molecule has 1 heterocycles. The number of hydrogen-bond acceptors (Lipinski definition) is 6. The van der Waals surface area contributed by atoms with E-state index in [4.69, 9.17) is 23.2 Å². The van der Waals surface area contributed by atoms with Crippen molar-refractivity contribution in [1.82, 2.24) is 13.8 Å². The van der Waals surface area contributed by atoms with Crippen LogP contribution < -0.4 is 0 Å². The monoisotopic (exact) mass is 539 g/mol. The van der Waals surface area contributed by atoms with E-state index in [1.807, 2.05) is 19.0 Å². The number of ketones is 1.